The highest BCUT2D eigenvalue weighted by Gasteiger charge is 2.26. The summed E-state index contributed by atoms with van der Waals surface area (Å²) in [6, 6.07) is 5.48. The molecule has 1 aromatic heterocycles. The molecule has 1 aliphatic rings. The second kappa shape index (κ2) is 5.16. The largest absolute Gasteiger partial charge is 0.291 e. The fourth-order valence-electron chi connectivity index (χ4n) is 2.85. The Morgan fingerprint density at radius 1 is 1.33 bits per heavy atom. The average molecular weight is 283 g/mol. The van der Waals surface area contributed by atoms with E-state index in [9.17, 15) is 9.59 Å². The summed E-state index contributed by atoms with van der Waals surface area (Å²) in [7, 11) is 0. The first kappa shape index (κ1) is 13.5. The molecule has 0 bridgehead atoms. The van der Waals surface area contributed by atoms with Crippen LogP contribution in [0.5, 0.6) is 0 Å². The van der Waals surface area contributed by atoms with Crippen molar-refractivity contribution in [3.63, 3.8) is 0 Å². The highest BCUT2D eigenvalue weighted by atomic mass is 16.2. The molecular formula is C16H17N3O2. The molecule has 2 amide bonds. The number of nitrogens with one attached hydrogen (secondary N) is 1. The molecule has 3 rings (SSSR count). The third kappa shape index (κ3) is 2.24. The van der Waals surface area contributed by atoms with Gasteiger partial charge in [0.25, 0.3) is 5.91 Å². The predicted octanol–water partition coefficient (Wildman–Crippen LogP) is 2.05. The molecule has 1 atom stereocenters. The Labute approximate surface area is 122 Å². The van der Waals surface area contributed by atoms with Crippen molar-refractivity contribution >= 4 is 22.7 Å². The van der Waals surface area contributed by atoms with Crippen molar-refractivity contribution in [1.29, 1.82) is 0 Å². The number of amides is 2. The maximum Gasteiger partial charge on any atom is 0.255 e. The van der Waals surface area contributed by atoms with Gasteiger partial charge in [-0.25, -0.2) is 4.68 Å². The number of nitrogens with zero attached hydrogens (tertiary/aromatic N) is 2. The number of aromatic nitrogens is 2. The summed E-state index contributed by atoms with van der Waals surface area (Å²) >= 11 is 0. The van der Waals surface area contributed by atoms with Gasteiger partial charge in [-0.3, -0.25) is 14.9 Å². The molecule has 5 heteroatoms. The SMILES string of the molecule is CCCc1cccc2c1c(C)nn2C1C=CC(=O)NC1=O. The summed E-state index contributed by atoms with van der Waals surface area (Å²) in [5.74, 6) is -0.719. The Morgan fingerprint density at radius 2 is 2.14 bits per heavy atom. The quantitative estimate of drug-likeness (QED) is 0.877. The number of imide groups is 1. The van der Waals surface area contributed by atoms with E-state index in [1.165, 1.54) is 11.6 Å². The van der Waals surface area contributed by atoms with Crippen LogP contribution in [-0.2, 0) is 16.0 Å². The first-order valence-corrected chi connectivity index (χ1v) is 7.11. The van der Waals surface area contributed by atoms with Crippen LogP contribution < -0.4 is 5.32 Å². The molecule has 0 saturated heterocycles. The normalized spacial score (nSPS) is 18.3. The monoisotopic (exact) mass is 283 g/mol. The standard InChI is InChI=1S/C16H17N3O2/c1-3-5-11-6-4-7-12-15(11)10(2)18-19(12)13-8-9-14(20)17-16(13)21/h4,6-9,13H,3,5H2,1-2H3,(H,17,20,21). The van der Waals surface area contributed by atoms with Gasteiger partial charge in [0.05, 0.1) is 11.2 Å². The van der Waals surface area contributed by atoms with Crippen LogP contribution in [0.4, 0.5) is 0 Å². The van der Waals surface area contributed by atoms with E-state index in [-0.39, 0.29) is 11.8 Å². The number of benzene rings is 1. The van der Waals surface area contributed by atoms with Crippen LogP contribution in [0.1, 0.15) is 30.6 Å². The predicted molar refractivity (Wildman–Crippen MR) is 79.8 cm³/mol. The van der Waals surface area contributed by atoms with Gasteiger partial charge in [-0.2, -0.15) is 5.10 Å². The molecule has 108 valence electrons. The van der Waals surface area contributed by atoms with E-state index >= 15 is 0 Å². The second-order valence-corrected chi connectivity index (χ2v) is 5.25. The molecule has 2 heterocycles. The number of carbonyl (C=O) groups excluding carboxylic acids is 2. The maximum atomic E-state index is 12.0. The molecular weight excluding hydrogens is 266 g/mol. The van der Waals surface area contributed by atoms with Crippen LogP contribution in [0.2, 0.25) is 0 Å². The molecule has 0 saturated carbocycles. The van der Waals surface area contributed by atoms with Gasteiger partial charge in [0.15, 0.2) is 0 Å². The maximum absolute atomic E-state index is 12.0. The van der Waals surface area contributed by atoms with Crippen molar-refractivity contribution in [3.05, 3.63) is 41.6 Å². The lowest BCUT2D eigenvalue weighted by Crippen LogP contribution is -2.38. The fraction of sp³-hybridized carbons (Fsp3) is 0.312. The van der Waals surface area contributed by atoms with E-state index in [4.69, 9.17) is 0 Å². The van der Waals surface area contributed by atoms with Crippen molar-refractivity contribution < 1.29 is 9.59 Å². The zero-order valence-corrected chi connectivity index (χ0v) is 12.1. The molecule has 1 aromatic carbocycles. The van der Waals surface area contributed by atoms with E-state index in [1.54, 1.807) is 10.8 Å². The van der Waals surface area contributed by atoms with Gasteiger partial charge in [-0.1, -0.05) is 25.5 Å². The summed E-state index contributed by atoms with van der Waals surface area (Å²) < 4.78 is 1.70. The topological polar surface area (TPSA) is 64.0 Å². The molecule has 21 heavy (non-hydrogen) atoms. The van der Waals surface area contributed by atoms with Crippen molar-refractivity contribution in [1.82, 2.24) is 15.1 Å². The number of rotatable bonds is 3. The van der Waals surface area contributed by atoms with Crippen LogP contribution in [0.25, 0.3) is 10.9 Å². The Balaban J connectivity index is 2.16. The number of hydrogen-bond donors (Lipinski definition) is 1. The Hall–Kier alpha value is -2.43. The molecule has 1 unspecified atom stereocenters. The van der Waals surface area contributed by atoms with Gasteiger partial charge in [-0.15, -0.1) is 0 Å². The van der Waals surface area contributed by atoms with Crippen LogP contribution in [-0.4, -0.2) is 21.6 Å². The Morgan fingerprint density at radius 3 is 2.86 bits per heavy atom. The average Bonchev–Trinajstić information content (AvgIpc) is 2.78. The van der Waals surface area contributed by atoms with Gasteiger partial charge in [-0.05, 0) is 31.1 Å². The van der Waals surface area contributed by atoms with E-state index in [1.807, 2.05) is 19.1 Å². The fourth-order valence-corrected chi connectivity index (χ4v) is 2.85. The number of hydrogen-bond acceptors (Lipinski definition) is 3. The lowest BCUT2D eigenvalue weighted by Gasteiger charge is -2.17. The lowest BCUT2D eigenvalue weighted by atomic mass is 10.0. The van der Waals surface area contributed by atoms with Gasteiger partial charge < -0.3 is 0 Å². The third-order valence-corrected chi connectivity index (χ3v) is 3.72. The number of aryl methyl sites for hydroxylation is 2. The Kier molecular flexibility index (Phi) is 3.33. The molecule has 0 aliphatic carbocycles. The van der Waals surface area contributed by atoms with E-state index in [0.717, 1.165) is 29.4 Å². The third-order valence-electron chi connectivity index (χ3n) is 3.72. The van der Waals surface area contributed by atoms with Crippen molar-refractivity contribution in [3.8, 4) is 0 Å². The smallest absolute Gasteiger partial charge is 0.255 e. The molecule has 0 spiro atoms. The van der Waals surface area contributed by atoms with Crippen molar-refractivity contribution in [2.24, 2.45) is 0 Å². The van der Waals surface area contributed by atoms with Gasteiger partial charge in [0, 0.05) is 11.5 Å². The number of carbonyl (C=O) groups is 2. The number of fused-ring (bicyclic) bond motifs is 1. The second-order valence-electron chi connectivity index (χ2n) is 5.25. The minimum absolute atomic E-state index is 0.340. The Bertz CT molecular complexity index is 758. The van der Waals surface area contributed by atoms with Gasteiger partial charge in [0.2, 0.25) is 5.91 Å². The highest BCUT2D eigenvalue weighted by molar-refractivity contribution is 6.06. The molecule has 0 radical (unpaired) electrons. The summed E-state index contributed by atoms with van der Waals surface area (Å²) in [4.78, 5) is 23.2. The summed E-state index contributed by atoms with van der Waals surface area (Å²) in [5.41, 5.74) is 3.08. The zero-order valence-electron chi connectivity index (χ0n) is 12.1. The first-order chi connectivity index (χ1) is 10.1. The van der Waals surface area contributed by atoms with E-state index in [2.05, 4.69) is 23.4 Å². The van der Waals surface area contributed by atoms with Crippen LogP contribution >= 0.6 is 0 Å². The lowest BCUT2D eigenvalue weighted by molar-refractivity contribution is -0.130. The van der Waals surface area contributed by atoms with Gasteiger partial charge >= 0.3 is 0 Å². The molecule has 1 N–H and O–H groups in total. The molecule has 0 fully saturated rings. The molecule has 1 aliphatic heterocycles. The van der Waals surface area contributed by atoms with Crippen molar-refractivity contribution in [2.45, 2.75) is 32.7 Å². The molecule has 2 aromatic rings. The first-order valence-electron chi connectivity index (χ1n) is 7.11. The minimum atomic E-state index is -0.573. The van der Waals surface area contributed by atoms with Crippen LogP contribution in [0, 0.1) is 6.92 Å². The molecule has 5 nitrogen and oxygen atoms in total. The minimum Gasteiger partial charge on any atom is -0.291 e. The van der Waals surface area contributed by atoms with E-state index in [0.29, 0.717) is 0 Å². The highest BCUT2D eigenvalue weighted by Crippen LogP contribution is 2.27. The van der Waals surface area contributed by atoms with E-state index < -0.39 is 6.04 Å². The summed E-state index contributed by atoms with van der Waals surface area (Å²) in [6.07, 6.45) is 5.02. The zero-order chi connectivity index (χ0) is 15.0. The summed E-state index contributed by atoms with van der Waals surface area (Å²) in [6.45, 7) is 4.09. The van der Waals surface area contributed by atoms with Crippen LogP contribution in [0.3, 0.4) is 0 Å². The van der Waals surface area contributed by atoms with Crippen LogP contribution in [0.15, 0.2) is 30.4 Å². The van der Waals surface area contributed by atoms with Gasteiger partial charge in [0.1, 0.15) is 6.04 Å². The summed E-state index contributed by atoms with van der Waals surface area (Å²) in [5, 5.41) is 7.95. The van der Waals surface area contributed by atoms with Crippen molar-refractivity contribution in [2.75, 3.05) is 0 Å².